The molecular formula is C15H16F2N2O3. The molecule has 0 bridgehead atoms. The van der Waals surface area contributed by atoms with Crippen LogP contribution in [0.5, 0.6) is 11.5 Å². The minimum absolute atomic E-state index is 0.00310. The van der Waals surface area contributed by atoms with E-state index in [0.717, 1.165) is 0 Å². The minimum atomic E-state index is -3.63. The lowest BCUT2D eigenvalue weighted by Crippen LogP contribution is -2.25. The summed E-state index contributed by atoms with van der Waals surface area (Å²) in [5.74, 6) is 0.605. The number of nitrogens with zero attached hydrogens (tertiary/aromatic N) is 2. The average Bonchev–Trinajstić information content (AvgIpc) is 2.96. The first-order valence-electron chi connectivity index (χ1n) is 6.87. The largest absolute Gasteiger partial charge is 0.586 e. The lowest BCUT2D eigenvalue weighted by molar-refractivity contribution is -0.286. The molecular weight excluding hydrogens is 294 g/mol. The van der Waals surface area contributed by atoms with Crippen molar-refractivity contribution in [3.8, 4) is 22.9 Å². The molecule has 22 heavy (non-hydrogen) atoms. The number of imidazole rings is 1. The van der Waals surface area contributed by atoms with E-state index in [4.69, 9.17) is 0 Å². The van der Waals surface area contributed by atoms with Crippen molar-refractivity contribution >= 4 is 0 Å². The highest BCUT2D eigenvalue weighted by Crippen LogP contribution is 2.42. The summed E-state index contributed by atoms with van der Waals surface area (Å²) in [6, 6.07) is 4.55. The van der Waals surface area contributed by atoms with E-state index in [9.17, 15) is 13.9 Å². The van der Waals surface area contributed by atoms with Crippen molar-refractivity contribution in [2.24, 2.45) is 0 Å². The van der Waals surface area contributed by atoms with Gasteiger partial charge in [0.15, 0.2) is 11.5 Å². The number of aryl methyl sites for hydroxylation is 1. The van der Waals surface area contributed by atoms with Crippen LogP contribution in [0, 0.1) is 0 Å². The zero-order chi connectivity index (χ0) is 16.0. The zero-order valence-electron chi connectivity index (χ0n) is 12.2. The molecule has 0 spiro atoms. The van der Waals surface area contributed by atoms with Crippen LogP contribution in [0.3, 0.4) is 0 Å². The average molecular weight is 310 g/mol. The standard InChI is InChI=1S/C15H16F2N2O3/c1-14(2,20)5-7-19-8-6-18-13(19)10-3-4-11-12(9-10)22-15(16,17)21-11/h3-4,6,8-9,20H,5,7H2,1-2H3. The summed E-state index contributed by atoms with van der Waals surface area (Å²) in [6.45, 7) is 4.02. The van der Waals surface area contributed by atoms with Crippen LogP contribution in [-0.4, -0.2) is 26.6 Å². The number of fused-ring (bicyclic) bond motifs is 1. The quantitative estimate of drug-likeness (QED) is 0.943. The Morgan fingerprint density at radius 2 is 2.00 bits per heavy atom. The number of aliphatic hydroxyl groups is 1. The van der Waals surface area contributed by atoms with Gasteiger partial charge in [0.05, 0.1) is 5.60 Å². The van der Waals surface area contributed by atoms with E-state index in [0.29, 0.717) is 24.4 Å². The Balaban J connectivity index is 1.86. The Morgan fingerprint density at radius 1 is 1.27 bits per heavy atom. The van der Waals surface area contributed by atoms with E-state index in [1.165, 1.54) is 12.1 Å². The summed E-state index contributed by atoms with van der Waals surface area (Å²) in [7, 11) is 0. The van der Waals surface area contributed by atoms with E-state index < -0.39 is 11.9 Å². The molecule has 1 aromatic heterocycles. The molecule has 0 radical (unpaired) electrons. The van der Waals surface area contributed by atoms with Crippen LogP contribution in [0.1, 0.15) is 20.3 Å². The molecule has 5 nitrogen and oxygen atoms in total. The minimum Gasteiger partial charge on any atom is -0.395 e. The summed E-state index contributed by atoms with van der Waals surface area (Å²) >= 11 is 0. The number of benzene rings is 1. The number of alkyl halides is 2. The second kappa shape index (κ2) is 4.95. The van der Waals surface area contributed by atoms with Gasteiger partial charge in [-0.25, -0.2) is 4.98 Å². The van der Waals surface area contributed by atoms with Gasteiger partial charge < -0.3 is 19.1 Å². The fraction of sp³-hybridized carbons (Fsp3) is 0.400. The maximum atomic E-state index is 13.0. The Labute approximate surface area is 126 Å². The first kappa shape index (κ1) is 14.8. The van der Waals surface area contributed by atoms with Crippen molar-refractivity contribution in [1.29, 1.82) is 0 Å². The highest BCUT2D eigenvalue weighted by atomic mass is 19.3. The number of hydrogen-bond donors (Lipinski definition) is 1. The lowest BCUT2D eigenvalue weighted by atomic mass is 10.1. The molecule has 0 unspecified atom stereocenters. The van der Waals surface area contributed by atoms with Gasteiger partial charge in [0, 0.05) is 24.5 Å². The molecule has 2 aromatic rings. The predicted molar refractivity (Wildman–Crippen MR) is 74.8 cm³/mol. The van der Waals surface area contributed by atoms with Gasteiger partial charge in [0.2, 0.25) is 0 Å². The lowest BCUT2D eigenvalue weighted by Gasteiger charge is -2.18. The smallest absolute Gasteiger partial charge is 0.395 e. The third-order valence-corrected chi connectivity index (χ3v) is 3.34. The number of halogens is 2. The van der Waals surface area contributed by atoms with Crippen LogP contribution in [0.4, 0.5) is 8.78 Å². The first-order valence-corrected chi connectivity index (χ1v) is 6.87. The Morgan fingerprint density at radius 3 is 2.73 bits per heavy atom. The zero-order valence-corrected chi connectivity index (χ0v) is 12.2. The molecule has 1 N–H and O–H groups in total. The molecule has 2 heterocycles. The maximum absolute atomic E-state index is 13.0. The van der Waals surface area contributed by atoms with Crippen LogP contribution in [0.25, 0.3) is 11.4 Å². The highest BCUT2D eigenvalue weighted by molar-refractivity contribution is 5.62. The van der Waals surface area contributed by atoms with Crippen molar-refractivity contribution in [3.05, 3.63) is 30.6 Å². The van der Waals surface area contributed by atoms with Crippen molar-refractivity contribution in [2.45, 2.75) is 38.7 Å². The van der Waals surface area contributed by atoms with Crippen LogP contribution in [-0.2, 0) is 6.54 Å². The Kier molecular flexibility index (Phi) is 3.32. The van der Waals surface area contributed by atoms with E-state index in [1.807, 2.05) is 4.57 Å². The third kappa shape index (κ3) is 3.04. The summed E-state index contributed by atoms with van der Waals surface area (Å²) in [4.78, 5) is 4.25. The van der Waals surface area contributed by atoms with E-state index >= 15 is 0 Å². The number of hydrogen-bond acceptors (Lipinski definition) is 4. The molecule has 0 aliphatic carbocycles. The van der Waals surface area contributed by atoms with E-state index in [1.54, 1.807) is 32.3 Å². The van der Waals surface area contributed by atoms with Crippen LogP contribution >= 0.6 is 0 Å². The summed E-state index contributed by atoms with van der Waals surface area (Å²) in [5.41, 5.74) is -0.154. The molecule has 3 rings (SSSR count). The highest BCUT2D eigenvalue weighted by Gasteiger charge is 2.43. The first-order chi connectivity index (χ1) is 10.2. The molecule has 1 aliphatic rings. The number of rotatable bonds is 4. The van der Waals surface area contributed by atoms with Gasteiger partial charge in [-0.05, 0) is 38.5 Å². The van der Waals surface area contributed by atoms with Crippen molar-refractivity contribution in [1.82, 2.24) is 9.55 Å². The molecule has 0 saturated heterocycles. The molecule has 118 valence electrons. The molecule has 0 fully saturated rings. The van der Waals surface area contributed by atoms with Gasteiger partial charge in [0.25, 0.3) is 0 Å². The molecule has 1 aromatic carbocycles. The Bertz CT molecular complexity index is 692. The number of ether oxygens (including phenoxy) is 2. The van der Waals surface area contributed by atoms with Crippen LogP contribution in [0.2, 0.25) is 0 Å². The SMILES string of the molecule is CC(C)(O)CCn1ccnc1-c1ccc2c(c1)OC(F)(F)O2. The summed E-state index contributed by atoms with van der Waals surface area (Å²) in [6.07, 6.45) is 0.315. The summed E-state index contributed by atoms with van der Waals surface area (Å²) in [5, 5.41) is 9.81. The van der Waals surface area contributed by atoms with Gasteiger partial charge in [-0.3, -0.25) is 0 Å². The molecule has 0 atom stereocenters. The van der Waals surface area contributed by atoms with E-state index in [2.05, 4.69) is 14.5 Å². The van der Waals surface area contributed by atoms with Crippen molar-refractivity contribution in [2.75, 3.05) is 0 Å². The van der Waals surface area contributed by atoms with Gasteiger partial charge in [-0.2, -0.15) is 0 Å². The number of aromatic nitrogens is 2. The second-order valence-corrected chi connectivity index (χ2v) is 5.84. The predicted octanol–water partition coefficient (Wildman–Crippen LogP) is 3.03. The topological polar surface area (TPSA) is 56.5 Å². The second-order valence-electron chi connectivity index (χ2n) is 5.84. The third-order valence-electron chi connectivity index (χ3n) is 3.34. The van der Waals surface area contributed by atoms with E-state index in [-0.39, 0.29) is 11.5 Å². The van der Waals surface area contributed by atoms with Crippen LogP contribution in [0.15, 0.2) is 30.6 Å². The van der Waals surface area contributed by atoms with Gasteiger partial charge in [-0.1, -0.05) is 0 Å². The van der Waals surface area contributed by atoms with Gasteiger partial charge in [-0.15, -0.1) is 8.78 Å². The molecule has 0 saturated carbocycles. The van der Waals surface area contributed by atoms with Crippen molar-refractivity contribution < 1.29 is 23.4 Å². The Hall–Kier alpha value is -2.15. The van der Waals surface area contributed by atoms with Gasteiger partial charge in [0.1, 0.15) is 5.82 Å². The normalized spacial score (nSPS) is 16.0. The van der Waals surface area contributed by atoms with Crippen LogP contribution < -0.4 is 9.47 Å². The fourth-order valence-electron chi connectivity index (χ4n) is 2.23. The molecule has 1 aliphatic heterocycles. The molecule has 0 amide bonds. The fourth-order valence-corrected chi connectivity index (χ4v) is 2.23. The monoisotopic (exact) mass is 310 g/mol. The summed E-state index contributed by atoms with van der Waals surface area (Å²) < 4.78 is 36.8. The van der Waals surface area contributed by atoms with Crippen molar-refractivity contribution in [3.63, 3.8) is 0 Å². The maximum Gasteiger partial charge on any atom is 0.586 e. The van der Waals surface area contributed by atoms with Gasteiger partial charge >= 0.3 is 6.29 Å². The molecule has 7 heteroatoms.